The summed E-state index contributed by atoms with van der Waals surface area (Å²) in [5.41, 5.74) is 8.13. The highest BCUT2D eigenvalue weighted by atomic mass is 16.3. The van der Waals surface area contributed by atoms with Crippen LogP contribution in [0, 0.1) is 6.92 Å². The average molecular weight is 231 g/mol. The smallest absolute Gasteiger partial charge is 0.134 e. The van der Waals surface area contributed by atoms with Gasteiger partial charge in [0.15, 0.2) is 0 Å². The van der Waals surface area contributed by atoms with Crippen LogP contribution in [0.15, 0.2) is 40.8 Å². The van der Waals surface area contributed by atoms with Gasteiger partial charge in [0, 0.05) is 12.2 Å². The Labute approximate surface area is 101 Å². The van der Waals surface area contributed by atoms with Crippen molar-refractivity contribution >= 4 is 0 Å². The molecule has 1 heterocycles. The summed E-state index contributed by atoms with van der Waals surface area (Å²) in [5, 5.41) is 8.83. The van der Waals surface area contributed by atoms with Crippen molar-refractivity contribution < 1.29 is 9.52 Å². The molecular weight excluding hydrogens is 214 g/mol. The molecule has 2 rings (SSSR count). The molecule has 0 aliphatic rings. The van der Waals surface area contributed by atoms with Crippen LogP contribution >= 0.6 is 0 Å². The lowest BCUT2D eigenvalue weighted by Crippen LogP contribution is -2.10. The third-order valence-electron chi connectivity index (χ3n) is 2.77. The lowest BCUT2D eigenvalue weighted by atomic mass is 10.1. The monoisotopic (exact) mass is 231 g/mol. The van der Waals surface area contributed by atoms with Gasteiger partial charge in [0.1, 0.15) is 11.5 Å². The van der Waals surface area contributed by atoms with E-state index in [9.17, 15) is 0 Å². The predicted molar refractivity (Wildman–Crippen MR) is 67.5 cm³/mol. The first-order valence-electron chi connectivity index (χ1n) is 5.74. The number of aliphatic hydroxyl groups excluding tert-OH is 1. The maximum Gasteiger partial charge on any atom is 0.134 e. The fourth-order valence-corrected chi connectivity index (χ4v) is 1.71. The van der Waals surface area contributed by atoms with Crippen molar-refractivity contribution in [3.05, 3.63) is 47.7 Å². The van der Waals surface area contributed by atoms with Crippen LogP contribution in [0.2, 0.25) is 0 Å². The highest BCUT2D eigenvalue weighted by molar-refractivity contribution is 5.57. The molecule has 1 atom stereocenters. The van der Waals surface area contributed by atoms with Gasteiger partial charge in [0.2, 0.25) is 0 Å². The molecule has 3 N–H and O–H groups in total. The Morgan fingerprint density at radius 2 is 1.88 bits per heavy atom. The standard InChI is InChI=1S/C14H17NO2/c1-10-2-4-11(5-3-10)13-6-7-14(17-13)12(15)8-9-16/h2-7,12,16H,8-9,15H2,1H3. The summed E-state index contributed by atoms with van der Waals surface area (Å²) in [7, 11) is 0. The second-order valence-corrected chi connectivity index (χ2v) is 4.19. The van der Waals surface area contributed by atoms with Crippen LogP contribution in [0.25, 0.3) is 11.3 Å². The maximum atomic E-state index is 8.83. The van der Waals surface area contributed by atoms with E-state index < -0.39 is 0 Å². The molecule has 0 bridgehead atoms. The molecule has 3 heteroatoms. The fourth-order valence-electron chi connectivity index (χ4n) is 1.71. The lowest BCUT2D eigenvalue weighted by molar-refractivity contribution is 0.269. The summed E-state index contributed by atoms with van der Waals surface area (Å²) < 4.78 is 5.69. The fraction of sp³-hybridized carbons (Fsp3) is 0.286. The van der Waals surface area contributed by atoms with Crippen molar-refractivity contribution in [3.63, 3.8) is 0 Å². The van der Waals surface area contributed by atoms with E-state index in [1.807, 2.05) is 36.4 Å². The predicted octanol–water partition coefficient (Wildman–Crippen LogP) is 2.64. The van der Waals surface area contributed by atoms with Gasteiger partial charge >= 0.3 is 0 Å². The highest BCUT2D eigenvalue weighted by Gasteiger charge is 2.11. The molecule has 0 aliphatic heterocycles. The molecule has 0 saturated carbocycles. The zero-order valence-electron chi connectivity index (χ0n) is 9.89. The van der Waals surface area contributed by atoms with Crippen LogP contribution in [0.5, 0.6) is 0 Å². The Morgan fingerprint density at radius 1 is 1.18 bits per heavy atom. The summed E-state index contributed by atoms with van der Waals surface area (Å²) in [6, 6.07) is 11.7. The van der Waals surface area contributed by atoms with Crippen molar-refractivity contribution in [2.45, 2.75) is 19.4 Å². The third kappa shape index (κ3) is 2.75. The van der Waals surface area contributed by atoms with Crippen molar-refractivity contribution in [2.24, 2.45) is 5.73 Å². The van der Waals surface area contributed by atoms with Crippen LogP contribution in [-0.2, 0) is 0 Å². The summed E-state index contributed by atoms with van der Waals surface area (Å²) in [6.07, 6.45) is 0.515. The molecular formula is C14H17NO2. The molecule has 1 unspecified atom stereocenters. The van der Waals surface area contributed by atoms with Gasteiger partial charge in [-0.2, -0.15) is 0 Å². The molecule has 0 saturated heterocycles. The molecule has 1 aromatic heterocycles. The van der Waals surface area contributed by atoms with Crippen LogP contribution in [0.3, 0.4) is 0 Å². The van der Waals surface area contributed by atoms with Gasteiger partial charge in [0.05, 0.1) is 6.04 Å². The first-order valence-corrected chi connectivity index (χ1v) is 5.74. The molecule has 3 nitrogen and oxygen atoms in total. The molecule has 0 aliphatic carbocycles. The van der Waals surface area contributed by atoms with Crippen LogP contribution in [0.4, 0.5) is 0 Å². The molecule has 0 amide bonds. The third-order valence-corrected chi connectivity index (χ3v) is 2.77. The Kier molecular flexibility index (Phi) is 3.61. The lowest BCUT2D eigenvalue weighted by Gasteiger charge is -2.05. The largest absolute Gasteiger partial charge is 0.459 e. The maximum absolute atomic E-state index is 8.83. The van der Waals surface area contributed by atoms with Gasteiger partial charge in [-0.05, 0) is 25.5 Å². The van der Waals surface area contributed by atoms with Gasteiger partial charge in [-0.1, -0.05) is 29.8 Å². The van der Waals surface area contributed by atoms with E-state index in [1.54, 1.807) is 0 Å². The molecule has 17 heavy (non-hydrogen) atoms. The summed E-state index contributed by atoms with van der Waals surface area (Å²) in [5.74, 6) is 1.53. The Bertz CT molecular complexity index is 473. The number of furan rings is 1. The molecule has 0 spiro atoms. The highest BCUT2D eigenvalue weighted by Crippen LogP contribution is 2.25. The van der Waals surface area contributed by atoms with Crippen LogP contribution < -0.4 is 5.73 Å². The molecule has 1 aromatic carbocycles. The Balaban J connectivity index is 2.20. The first kappa shape index (κ1) is 11.9. The first-order chi connectivity index (χ1) is 8.20. The van der Waals surface area contributed by atoms with Crippen molar-refractivity contribution in [3.8, 4) is 11.3 Å². The van der Waals surface area contributed by atoms with Gasteiger partial charge < -0.3 is 15.3 Å². The van der Waals surface area contributed by atoms with E-state index in [0.717, 1.165) is 17.1 Å². The number of nitrogens with two attached hydrogens (primary N) is 1. The minimum atomic E-state index is -0.237. The number of hydrogen-bond acceptors (Lipinski definition) is 3. The minimum Gasteiger partial charge on any atom is -0.459 e. The van der Waals surface area contributed by atoms with E-state index in [1.165, 1.54) is 5.56 Å². The van der Waals surface area contributed by atoms with Crippen LogP contribution in [-0.4, -0.2) is 11.7 Å². The van der Waals surface area contributed by atoms with E-state index in [2.05, 4.69) is 6.92 Å². The zero-order valence-corrected chi connectivity index (χ0v) is 9.89. The second kappa shape index (κ2) is 5.17. The molecule has 90 valence electrons. The van der Waals surface area contributed by atoms with Crippen molar-refractivity contribution in [1.82, 2.24) is 0 Å². The van der Waals surface area contributed by atoms with E-state index in [4.69, 9.17) is 15.3 Å². The van der Waals surface area contributed by atoms with Crippen molar-refractivity contribution in [1.29, 1.82) is 0 Å². The van der Waals surface area contributed by atoms with E-state index in [0.29, 0.717) is 6.42 Å². The molecule has 0 radical (unpaired) electrons. The SMILES string of the molecule is Cc1ccc(-c2ccc(C(N)CCO)o2)cc1. The summed E-state index contributed by atoms with van der Waals surface area (Å²) in [4.78, 5) is 0. The summed E-state index contributed by atoms with van der Waals surface area (Å²) >= 11 is 0. The normalized spacial score (nSPS) is 12.6. The van der Waals surface area contributed by atoms with Crippen molar-refractivity contribution in [2.75, 3.05) is 6.61 Å². The second-order valence-electron chi connectivity index (χ2n) is 4.19. The van der Waals surface area contributed by atoms with E-state index in [-0.39, 0.29) is 12.6 Å². The topological polar surface area (TPSA) is 59.4 Å². The number of aryl methyl sites for hydroxylation is 1. The van der Waals surface area contributed by atoms with Gasteiger partial charge in [-0.25, -0.2) is 0 Å². The molecule has 0 fully saturated rings. The van der Waals surface area contributed by atoms with Gasteiger partial charge in [0.25, 0.3) is 0 Å². The number of hydrogen-bond donors (Lipinski definition) is 2. The Hall–Kier alpha value is -1.58. The number of aliphatic hydroxyl groups is 1. The van der Waals surface area contributed by atoms with E-state index >= 15 is 0 Å². The zero-order chi connectivity index (χ0) is 12.3. The van der Waals surface area contributed by atoms with Gasteiger partial charge in [-0.3, -0.25) is 0 Å². The number of benzene rings is 1. The number of rotatable bonds is 4. The summed E-state index contributed by atoms with van der Waals surface area (Å²) in [6.45, 7) is 2.12. The quantitative estimate of drug-likeness (QED) is 0.850. The molecule has 2 aromatic rings. The van der Waals surface area contributed by atoms with Gasteiger partial charge in [-0.15, -0.1) is 0 Å². The average Bonchev–Trinajstić information content (AvgIpc) is 2.80. The minimum absolute atomic E-state index is 0.0712. The Morgan fingerprint density at radius 3 is 2.53 bits per heavy atom. The van der Waals surface area contributed by atoms with Crippen LogP contribution in [0.1, 0.15) is 23.8 Å².